The van der Waals surface area contributed by atoms with Gasteiger partial charge in [-0.2, -0.15) is 19.9 Å². The Balaban J connectivity index is 1.51. The maximum atomic E-state index is 14.4. The van der Waals surface area contributed by atoms with Gasteiger partial charge in [0.1, 0.15) is 17.4 Å². The molecule has 8 heteroatoms. The number of hydrogen-bond acceptors (Lipinski definition) is 4. The lowest BCUT2D eigenvalue weighted by Gasteiger charge is -2.21. The van der Waals surface area contributed by atoms with Crippen LogP contribution in [0.3, 0.4) is 0 Å². The zero-order valence-corrected chi connectivity index (χ0v) is 27.2. The van der Waals surface area contributed by atoms with Crippen molar-refractivity contribution in [3.63, 3.8) is 0 Å². The minimum absolute atomic E-state index is 0.269. The fourth-order valence-corrected chi connectivity index (χ4v) is 6.16. The highest BCUT2D eigenvalue weighted by Crippen LogP contribution is 2.43. The average molecular weight is 653 g/mol. The molecule has 49 heavy (non-hydrogen) atoms. The van der Waals surface area contributed by atoms with Gasteiger partial charge in [0.25, 0.3) is 5.91 Å². The lowest BCUT2D eigenvalue weighted by molar-refractivity contribution is -0.114. The van der Waals surface area contributed by atoms with Crippen molar-refractivity contribution in [2.45, 2.75) is 39.5 Å². The number of anilines is 1. The molecule has 4 aromatic carbocycles. The van der Waals surface area contributed by atoms with Crippen LogP contribution in [0.25, 0.3) is 22.6 Å². The number of ether oxygens (including phenoxy) is 1. The van der Waals surface area contributed by atoms with Crippen LogP contribution < -0.4 is 9.75 Å². The summed E-state index contributed by atoms with van der Waals surface area (Å²) in [7, 11) is 0. The number of carbonyl (C=O) groups is 1. The van der Waals surface area contributed by atoms with E-state index in [9.17, 15) is 13.6 Å². The molecule has 6 nitrogen and oxygen atoms in total. The summed E-state index contributed by atoms with van der Waals surface area (Å²) in [5, 5.41) is 11.3. The molecular weight excluding hydrogens is 618 g/mol. The van der Waals surface area contributed by atoms with Gasteiger partial charge >= 0.3 is 0 Å². The van der Waals surface area contributed by atoms with Crippen LogP contribution in [0.1, 0.15) is 55.5 Å². The standard InChI is InChI=1S/C41H34F2N4O2/c1-3-11-35-38-29(26-37(28-19-23-31(43)24-20-28)49-41(38)47(45-35)33-15-9-6-10-16-33)25-34(27-17-21-30(42)22-18-27)39-36(12-4-2)44-46(40(39)48)32-13-7-5-8-14-32/h5-10,13-26H,3-4,11-12H2,1-2H3/b29-25+,39-34+. The quantitative estimate of drug-likeness (QED) is 0.149. The Morgan fingerprint density at radius 2 is 1.39 bits per heavy atom. The minimum atomic E-state index is -0.381. The Bertz CT molecular complexity index is 2130. The molecule has 7 rings (SSSR count). The van der Waals surface area contributed by atoms with Crippen molar-refractivity contribution in [3.05, 3.63) is 161 Å². The van der Waals surface area contributed by atoms with E-state index in [-0.39, 0.29) is 17.5 Å². The Morgan fingerprint density at radius 3 is 2.02 bits per heavy atom. The number of aromatic nitrogens is 2. The molecule has 0 saturated carbocycles. The van der Waals surface area contributed by atoms with E-state index in [0.29, 0.717) is 58.2 Å². The maximum Gasteiger partial charge on any atom is 0.281 e. The van der Waals surface area contributed by atoms with Crippen molar-refractivity contribution in [3.8, 4) is 11.6 Å². The molecule has 244 valence electrons. The van der Waals surface area contributed by atoms with Gasteiger partial charge in [0.15, 0.2) is 0 Å². The van der Waals surface area contributed by atoms with Gasteiger partial charge in [-0.25, -0.2) is 8.78 Å². The summed E-state index contributed by atoms with van der Waals surface area (Å²) in [6.07, 6.45) is 6.71. The predicted octanol–water partition coefficient (Wildman–Crippen LogP) is 9.58. The highest BCUT2D eigenvalue weighted by molar-refractivity contribution is 6.35. The molecule has 0 radical (unpaired) electrons. The summed E-state index contributed by atoms with van der Waals surface area (Å²) < 4.78 is 36.8. The van der Waals surface area contributed by atoms with E-state index in [4.69, 9.17) is 14.9 Å². The Hall–Kier alpha value is -5.89. The van der Waals surface area contributed by atoms with Crippen LogP contribution in [0.2, 0.25) is 0 Å². The molecule has 1 amide bonds. The Labute approximate surface area is 284 Å². The number of carbonyl (C=O) groups excluding carboxylic acids is 1. The van der Waals surface area contributed by atoms with E-state index >= 15 is 0 Å². The number of hydrogen-bond donors (Lipinski definition) is 0. The van der Waals surface area contributed by atoms with Crippen LogP contribution in [0, 0.1) is 11.6 Å². The number of para-hydroxylation sites is 2. The second-order valence-corrected chi connectivity index (χ2v) is 11.9. The van der Waals surface area contributed by atoms with Gasteiger partial charge in [0.2, 0.25) is 5.88 Å². The molecule has 2 aliphatic rings. The molecule has 0 N–H and O–H groups in total. The summed E-state index contributed by atoms with van der Waals surface area (Å²) in [4.78, 5) is 14.4. The number of nitrogens with zero attached hydrogens (tertiary/aromatic N) is 4. The first-order valence-corrected chi connectivity index (χ1v) is 16.5. The first-order valence-electron chi connectivity index (χ1n) is 16.5. The van der Waals surface area contributed by atoms with Gasteiger partial charge in [-0.1, -0.05) is 75.2 Å². The van der Waals surface area contributed by atoms with Gasteiger partial charge in [-0.3, -0.25) is 4.79 Å². The predicted molar refractivity (Wildman–Crippen MR) is 190 cm³/mol. The van der Waals surface area contributed by atoms with Gasteiger partial charge in [0, 0.05) is 5.56 Å². The molecule has 0 atom stereocenters. The van der Waals surface area contributed by atoms with Crippen molar-refractivity contribution < 1.29 is 18.3 Å². The number of fused-ring (bicyclic) bond motifs is 1. The number of hydrazone groups is 1. The maximum absolute atomic E-state index is 14.4. The number of aryl methyl sites for hydroxylation is 1. The number of amides is 1. The first kappa shape index (κ1) is 31.7. The van der Waals surface area contributed by atoms with Crippen LogP contribution >= 0.6 is 0 Å². The zero-order chi connectivity index (χ0) is 33.9. The van der Waals surface area contributed by atoms with Crippen molar-refractivity contribution in [1.29, 1.82) is 0 Å². The van der Waals surface area contributed by atoms with E-state index in [0.717, 1.165) is 35.4 Å². The summed E-state index contributed by atoms with van der Waals surface area (Å²) in [6.45, 7) is 4.14. The fourth-order valence-electron chi connectivity index (χ4n) is 6.16. The molecule has 1 aromatic heterocycles. The van der Waals surface area contributed by atoms with Gasteiger partial charge in [-0.05, 0) is 102 Å². The summed E-state index contributed by atoms with van der Waals surface area (Å²) >= 11 is 0. The van der Waals surface area contributed by atoms with Crippen LogP contribution in [-0.4, -0.2) is 21.4 Å². The lowest BCUT2D eigenvalue weighted by atomic mass is 9.90. The second-order valence-electron chi connectivity index (χ2n) is 11.9. The van der Waals surface area contributed by atoms with Crippen LogP contribution in [0.5, 0.6) is 5.88 Å². The molecule has 0 spiro atoms. The molecule has 0 saturated heterocycles. The molecule has 0 fully saturated rings. The molecule has 5 aromatic rings. The van der Waals surface area contributed by atoms with Crippen molar-refractivity contribution in [2.24, 2.45) is 5.10 Å². The van der Waals surface area contributed by atoms with E-state index in [1.807, 2.05) is 79.7 Å². The third-order valence-corrected chi connectivity index (χ3v) is 8.44. The number of halogens is 2. The second kappa shape index (κ2) is 13.7. The van der Waals surface area contributed by atoms with Crippen molar-refractivity contribution in [1.82, 2.24) is 9.78 Å². The minimum Gasteiger partial charge on any atom is -0.438 e. The number of rotatable bonds is 9. The van der Waals surface area contributed by atoms with Crippen molar-refractivity contribution in [2.75, 3.05) is 5.01 Å². The van der Waals surface area contributed by atoms with E-state index in [1.165, 1.54) is 29.3 Å². The Morgan fingerprint density at radius 1 is 0.776 bits per heavy atom. The topological polar surface area (TPSA) is 59.7 Å². The van der Waals surface area contributed by atoms with Gasteiger partial charge < -0.3 is 4.74 Å². The number of benzene rings is 4. The van der Waals surface area contributed by atoms with Crippen LogP contribution in [0.4, 0.5) is 14.5 Å². The molecule has 0 aliphatic carbocycles. The third kappa shape index (κ3) is 6.25. The molecule has 2 aliphatic heterocycles. The fraction of sp³-hybridized carbons (Fsp3) is 0.146. The summed E-state index contributed by atoms with van der Waals surface area (Å²) in [5.74, 6) is -0.00150. The molecule has 0 bridgehead atoms. The smallest absolute Gasteiger partial charge is 0.281 e. The summed E-state index contributed by atoms with van der Waals surface area (Å²) in [5.41, 5.74) is 6.87. The molecule has 0 unspecified atom stereocenters. The van der Waals surface area contributed by atoms with Gasteiger partial charge in [-0.15, -0.1) is 0 Å². The lowest BCUT2D eigenvalue weighted by Crippen LogP contribution is -2.22. The first-order chi connectivity index (χ1) is 23.9. The molecular formula is C41H34F2N4O2. The van der Waals surface area contributed by atoms with E-state index in [1.54, 1.807) is 28.9 Å². The summed E-state index contributed by atoms with van der Waals surface area (Å²) in [6, 6.07) is 31.3. The van der Waals surface area contributed by atoms with E-state index < -0.39 is 0 Å². The van der Waals surface area contributed by atoms with E-state index in [2.05, 4.69) is 6.92 Å². The Kier molecular flexibility index (Phi) is 8.85. The third-order valence-electron chi connectivity index (χ3n) is 8.44. The van der Waals surface area contributed by atoms with Crippen molar-refractivity contribution >= 4 is 34.2 Å². The highest BCUT2D eigenvalue weighted by atomic mass is 19.1. The van der Waals surface area contributed by atoms with Gasteiger partial charge in [0.05, 0.1) is 33.9 Å². The monoisotopic (exact) mass is 652 g/mol. The van der Waals surface area contributed by atoms with Crippen LogP contribution in [0.15, 0.2) is 132 Å². The normalized spacial score (nSPS) is 16.0. The highest BCUT2D eigenvalue weighted by Gasteiger charge is 2.34. The van der Waals surface area contributed by atoms with Crippen LogP contribution in [-0.2, 0) is 11.2 Å². The SMILES string of the molecule is CCCC1=NN(c2ccccc2)C(=O)/C1=C(\C=C1/C=C(c2ccc(F)cc2)Oc2c1c(CCC)nn2-c1ccccc1)c1ccc(F)cc1. The number of allylic oxidation sites excluding steroid dienone is 4. The molecule has 3 heterocycles. The largest absolute Gasteiger partial charge is 0.438 e. The average Bonchev–Trinajstić information content (AvgIpc) is 3.66. The zero-order valence-electron chi connectivity index (χ0n) is 27.2.